The monoisotopic (exact) mass is 288 g/mol. The molecular weight excluding hydrogens is 272 g/mol. The second-order valence-electron chi connectivity index (χ2n) is 4.98. The highest BCUT2D eigenvalue weighted by Crippen LogP contribution is 2.34. The lowest BCUT2D eigenvalue weighted by Crippen LogP contribution is -2.46. The van der Waals surface area contributed by atoms with Crippen LogP contribution in [0.3, 0.4) is 0 Å². The number of nitrogens with one attached hydrogen (secondary N) is 2. The number of Topliss-reactive ketones (excluding diaryl/α,β-unsaturated/α-hetero) is 1. The van der Waals surface area contributed by atoms with Gasteiger partial charge in [0, 0.05) is 17.7 Å². The Morgan fingerprint density at radius 1 is 1.35 bits per heavy atom. The maximum absolute atomic E-state index is 12.3. The summed E-state index contributed by atoms with van der Waals surface area (Å²) in [5, 5.41) is 6.90. The summed E-state index contributed by atoms with van der Waals surface area (Å²) in [7, 11) is 1.63. The van der Waals surface area contributed by atoms with Gasteiger partial charge in [0.05, 0.1) is 13.2 Å². The third kappa shape index (κ3) is 2.29. The van der Waals surface area contributed by atoms with E-state index in [-0.39, 0.29) is 11.8 Å². The van der Waals surface area contributed by atoms with Crippen molar-refractivity contribution in [1.82, 2.24) is 10.6 Å². The molecule has 2 N–H and O–H groups in total. The van der Waals surface area contributed by atoms with E-state index in [4.69, 9.17) is 17.0 Å². The van der Waals surface area contributed by atoms with E-state index in [2.05, 4.69) is 10.6 Å². The van der Waals surface area contributed by atoms with Crippen molar-refractivity contribution in [3.63, 3.8) is 0 Å². The summed E-state index contributed by atoms with van der Waals surface area (Å²) in [6.45, 7) is 0. The van der Waals surface area contributed by atoms with Crippen LogP contribution in [-0.2, 0) is 4.79 Å². The Morgan fingerprint density at radius 3 is 3.00 bits per heavy atom. The Morgan fingerprint density at radius 2 is 2.20 bits per heavy atom. The van der Waals surface area contributed by atoms with Gasteiger partial charge >= 0.3 is 0 Å². The Kier molecular flexibility index (Phi) is 3.44. The molecule has 4 nitrogen and oxygen atoms in total. The van der Waals surface area contributed by atoms with E-state index < -0.39 is 0 Å². The van der Waals surface area contributed by atoms with Crippen LogP contribution in [0.15, 0.2) is 35.5 Å². The molecule has 1 aromatic carbocycles. The van der Waals surface area contributed by atoms with Crippen molar-refractivity contribution in [3.8, 4) is 5.75 Å². The molecule has 1 unspecified atom stereocenters. The fourth-order valence-corrected chi connectivity index (χ4v) is 3.02. The number of rotatable bonds is 2. The lowest BCUT2D eigenvalue weighted by molar-refractivity contribution is -0.116. The number of methoxy groups -OCH3 is 1. The van der Waals surface area contributed by atoms with Crippen molar-refractivity contribution < 1.29 is 9.53 Å². The van der Waals surface area contributed by atoms with Gasteiger partial charge in [-0.3, -0.25) is 4.79 Å². The second-order valence-corrected chi connectivity index (χ2v) is 5.39. The lowest BCUT2D eigenvalue weighted by Gasteiger charge is -2.33. The van der Waals surface area contributed by atoms with E-state index in [1.807, 2.05) is 24.3 Å². The average molecular weight is 288 g/mol. The predicted molar refractivity (Wildman–Crippen MR) is 80.5 cm³/mol. The van der Waals surface area contributed by atoms with Crippen LogP contribution in [0.2, 0.25) is 0 Å². The van der Waals surface area contributed by atoms with Crippen LogP contribution >= 0.6 is 12.2 Å². The first-order valence-electron chi connectivity index (χ1n) is 6.67. The predicted octanol–water partition coefficient (Wildman–Crippen LogP) is 2.22. The van der Waals surface area contributed by atoms with Crippen molar-refractivity contribution in [2.24, 2.45) is 0 Å². The highest BCUT2D eigenvalue weighted by molar-refractivity contribution is 7.80. The summed E-state index contributed by atoms with van der Waals surface area (Å²) in [4.78, 5) is 12.3. The molecule has 0 saturated carbocycles. The van der Waals surface area contributed by atoms with Crippen LogP contribution in [0.4, 0.5) is 0 Å². The molecule has 0 aromatic heterocycles. The normalized spacial score (nSPS) is 21.9. The smallest absolute Gasteiger partial charge is 0.171 e. The first-order chi connectivity index (χ1) is 9.69. The number of carbonyl (C=O) groups excluding carboxylic acids is 1. The van der Waals surface area contributed by atoms with Gasteiger partial charge in [-0.1, -0.05) is 12.1 Å². The van der Waals surface area contributed by atoms with Crippen LogP contribution in [-0.4, -0.2) is 18.0 Å². The molecule has 1 aliphatic heterocycles. The molecule has 0 spiro atoms. The minimum atomic E-state index is -0.179. The number of ether oxygens (including phenoxy) is 1. The first kappa shape index (κ1) is 13.1. The number of thiocarbonyl (C=S) groups is 1. The summed E-state index contributed by atoms with van der Waals surface area (Å²) < 4.78 is 5.26. The quantitative estimate of drug-likeness (QED) is 0.817. The van der Waals surface area contributed by atoms with Crippen LogP contribution in [0.25, 0.3) is 0 Å². The summed E-state index contributed by atoms with van der Waals surface area (Å²) >= 11 is 5.25. The summed E-state index contributed by atoms with van der Waals surface area (Å²) in [5.41, 5.74) is 2.78. The molecular formula is C15H16N2O2S. The molecule has 104 valence electrons. The number of benzene rings is 1. The number of ketones is 1. The van der Waals surface area contributed by atoms with Crippen molar-refractivity contribution >= 4 is 23.1 Å². The number of carbonyl (C=O) groups is 1. The average Bonchev–Trinajstić information content (AvgIpc) is 2.46. The van der Waals surface area contributed by atoms with Crippen molar-refractivity contribution in [1.29, 1.82) is 0 Å². The van der Waals surface area contributed by atoms with Gasteiger partial charge in [0.1, 0.15) is 5.75 Å². The van der Waals surface area contributed by atoms with Crippen molar-refractivity contribution in [3.05, 3.63) is 41.1 Å². The van der Waals surface area contributed by atoms with Crippen molar-refractivity contribution in [2.45, 2.75) is 25.3 Å². The van der Waals surface area contributed by atoms with Gasteiger partial charge in [-0.25, -0.2) is 0 Å². The first-order valence-corrected chi connectivity index (χ1v) is 7.07. The zero-order chi connectivity index (χ0) is 14.1. The van der Waals surface area contributed by atoms with E-state index >= 15 is 0 Å². The van der Waals surface area contributed by atoms with Crippen LogP contribution < -0.4 is 15.4 Å². The largest absolute Gasteiger partial charge is 0.497 e. The van der Waals surface area contributed by atoms with E-state index in [1.54, 1.807) is 7.11 Å². The molecule has 1 aromatic rings. The van der Waals surface area contributed by atoms with E-state index in [9.17, 15) is 4.79 Å². The molecule has 0 saturated heterocycles. The number of hydrogen-bond acceptors (Lipinski definition) is 3. The van der Waals surface area contributed by atoms with Gasteiger partial charge in [-0.05, 0) is 42.8 Å². The summed E-state index contributed by atoms with van der Waals surface area (Å²) in [6.07, 6.45) is 2.37. The minimum Gasteiger partial charge on any atom is -0.497 e. The van der Waals surface area contributed by atoms with E-state index in [1.165, 1.54) is 0 Å². The highest BCUT2D eigenvalue weighted by Gasteiger charge is 2.33. The molecule has 1 heterocycles. The Hall–Kier alpha value is -1.88. The van der Waals surface area contributed by atoms with Crippen molar-refractivity contribution in [2.75, 3.05) is 7.11 Å². The highest BCUT2D eigenvalue weighted by atomic mass is 32.1. The topological polar surface area (TPSA) is 50.4 Å². The number of hydrogen-bond donors (Lipinski definition) is 2. The van der Waals surface area contributed by atoms with Crippen LogP contribution in [0.1, 0.15) is 30.9 Å². The maximum Gasteiger partial charge on any atom is 0.171 e. The van der Waals surface area contributed by atoms with Gasteiger partial charge in [0.25, 0.3) is 0 Å². The van der Waals surface area contributed by atoms with E-state index in [0.717, 1.165) is 35.4 Å². The molecule has 20 heavy (non-hydrogen) atoms. The van der Waals surface area contributed by atoms with Gasteiger partial charge in [-0.15, -0.1) is 0 Å². The van der Waals surface area contributed by atoms with Gasteiger partial charge in [-0.2, -0.15) is 0 Å². The minimum absolute atomic E-state index is 0.179. The standard InChI is InChI=1S/C15H16N2O2S/c1-19-10-5-2-4-9(8-10)14-13-11(16-15(20)17-14)6-3-7-12(13)18/h2,4-5,8,14H,3,6-7H2,1H3,(H2,16,17,20). The molecule has 5 heteroatoms. The molecule has 1 atom stereocenters. The van der Waals surface area contributed by atoms with Gasteiger partial charge in [0.15, 0.2) is 10.9 Å². The molecule has 0 radical (unpaired) electrons. The van der Waals surface area contributed by atoms with Crippen LogP contribution in [0.5, 0.6) is 5.75 Å². The second kappa shape index (κ2) is 5.25. The third-order valence-corrected chi connectivity index (χ3v) is 3.93. The summed E-state index contributed by atoms with van der Waals surface area (Å²) in [5.74, 6) is 0.973. The van der Waals surface area contributed by atoms with Crippen LogP contribution in [0, 0.1) is 0 Å². The van der Waals surface area contributed by atoms with Gasteiger partial charge in [0.2, 0.25) is 0 Å². The SMILES string of the molecule is COc1cccc(C2NC(=S)NC3=C2C(=O)CCC3)c1. The zero-order valence-corrected chi connectivity index (χ0v) is 12.0. The molecule has 2 aliphatic rings. The lowest BCUT2D eigenvalue weighted by atomic mass is 9.85. The maximum atomic E-state index is 12.3. The fourth-order valence-electron chi connectivity index (χ4n) is 2.78. The number of allylic oxidation sites excluding steroid dienone is 1. The van der Waals surface area contributed by atoms with E-state index in [0.29, 0.717) is 11.5 Å². The molecule has 0 bridgehead atoms. The Bertz CT molecular complexity index is 610. The Labute approximate surface area is 123 Å². The molecule has 0 amide bonds. The third-order valence-electron chi connectivity index (χ3n) is 3.71. The zero-order valence-electron chi connectivity index (χ0n) is 11.2. The summed E-state index contributed by atoms with van der Waals surface area (Å²) in [6, 6.07) is 7.57. The molecule has 0 fully saturated rings. The fraction of sp³-hybridized carbons (Fsp3) is 0.333. The molecule has 3 rings (SSSR count). The van der Waals surface area contributed by atoms with Gasteiger partial charge < -0.3 is 15.4 Å². The molecule has 1 aliphatic carbocycles. The Balaban J connectivity index is 2.05.